The van der Waals surface area contributed by atoms with Crippen molar-refractivity contribution in [2.24, 2.45) is 10.7 Å². The molecule has 1 saturated carbocycles. The molecular formula is C35H37F3N4O3. The van der Waals surface area contributed by atoms with Crippen LogP contribution in [-0.2, 0) is 16.8 Å². The molecule has 236 valence electrons. The van der Waals surface area contributed by atoms with Gasteiger partial charge in [-0.05, 0) is 85.5 Å². The van der Waals surface area contributed by atoms with E-state index in [0.717, 1.165) is 53.1 Å². The lowest BCUT2D eigenvalue weighted by atomic mass is 9.65. The number of amides is 1. The van der Waals surface area contributed by atoms with Gasteiger partial charge in [-0.2, -0.15) is 13.2 Å². The Morgan fingerprint density at radius 2 is 1.78 bits per heavy atom. The van der Waals surface area contributed by atoms with E-state index in [1.165, 1.54) is 11.1 Å². The largest absolute Gasteiger partial charge is 0.497 e. The van der Waals surface area contributed by atoms with Crippen molar-refractivity contribution in [1.29, 1.82) is 0 Å². The molecule has 10 heteroatoms. The Hall–Kier alpha value is -4.31. The number of rotatable bonds is 9. The van der Waals surface area contributed by atoms with Gasteiger partial charge in [-0.15, -0.1) is 0 Å². The summed E-state index contributed by atoms with van der Waals surface area (Å²) in [5.41, 5.74) is 9.92. The number of carbonyl (C=O) groups is 1. The first-order chi connectivity index (χ1) is 21.7. The van der Waals surface area contributed by atoms with Crippen LogP contribution in [0.5, 0.6) is 11.5 Å². The number of para-hydroxylation sites is 1. The third kappa shape index (κ3) is 6.42. The van der Waals surface area contributed by atoms with Gasteiger partial charge in [-0.25, -0.2) is 4.99 Å². The Kier molecular flexibility index (Phi) is 8.59. The number of aliphatic imine (C=N–C) groups is 1. The zero-order valence-electron chi connectivity index (χ0n) is 25.2. The van der Waals surface area contributed by atoms with Crippen LogP contribution in [0, 0.1) is 0 Å². The van der Waals surface area contributed by atoms with E-state index in [1.54, 1.807) is 13.2 Å². The van der Waals surface area contributed by atoms with Crippen molar-refractivity contribution >= 4 is 23.0 Å². The Morgan fingerprint density at radius 3 is 2.38 bits per heavy atom. The maximum atomic E-state index is 14.3. The Labute approximate surface area is 261 Å². The number of anilines is 1. The van der Waals surface area contributed by atoms with Crippen LogP contribution in [0.1, 0.15) is 48.8 Å². The molecule has 0 atom stereocenters. The smallest absolute Gasteiger partial charge is 0.401 e. The van der Waals surface area contributed by atoms with Gasteiger partial charge < -0.3 is 20.1 Å². The summed E-state index contributed by atoms with van der Waals surface area (Å²) in [7, 11) is 1.61. The summed E-state index contributed by atoms with van der Waals surface area (Å²) >= 11 is 0. The molecule has 0 aromatic heterocycles. The third-order valence-electron chi connectivity index (χ3n) is 9.01. The second-order valence-corrected chi connectivity index (χ2v) is 11.9. The maximum absolute atomic E-state index is 14.3. The molecule has 6 rings (SSSR count). The fraction of sp³-hybridized carbons (Fsp3) is 0.371. The molecule has 0 unspecified atom stereocenters. The first-order valence-corrected chi connectivity index (χ1v) is 15.3. The lowest BCUT2D eigenvalue weighted by Crippen LogP contribution is -2.45. The number of alkyl halides is 3. The highest BCUT2D eigenvalue weighted by molar-refractivity contribution is 6.14. The van der Waals surface area contributed by atoms with Crippen LogP contribution in [-0.4, -0.2) is 55.5 Å². The molecule has 3 aromatic carbocycles. The van der Waals surface area contributed by atoms with Gasteiger partial charge in [-0.3, -0.25) is 9.69 Å². The van der Waals surface area contributed by atoms with E-state index >= 15 is 0 Å². The van der Waals surface area contributed by atoms with Crippen LogP contribution in [0.25, 0.3) is 0 Å². The standard InChI is InChI=1S/C35H37F3N4O3/c1-44-27-10-8-24(9-11-27)22-42-32-29(34(33(42)43)15-5-16-34)20-25(30(12-17-39)40-26-6-3-2-4-7-26)21-31(32)45-28-13-18-41(19-14-28)23-35(36,37)38/h2-4,6-12,17,20-21,28H,5,13-16,18-19,22-23,39H2,1H3. The Bertz CT molecular complexity index is 1580. The number of likely N-dealkylation sites (tertiary alicyclic amines) is 1. The van der Waals surface area contributed by atoms with Gasteiger partial charge >= 0.3 is 6.18 Å². The normalized spacial score (nSPS) is 18.8. The zero-order chi connectivity index (χ0) is 31.6. The molecule has 0 bridgehead atoms. The SMILES string of the molecule is COc1ccc(CN2C(=O)C3(CCC3)c3cc(C(C=CN)=Nc4ccccc4)cc(OC4CCN(CC(F)(F)F)CC4)c32)cc1. The van der Waals surface area contributed by atoms with Crippen LogP contribution in [0.2, 0.25) is 0 Å². The van der Waals surface area contributed by atoms with Gasteiger partial charge in [0, 0.05) is 18.7 Å². The van der Waals surface area contributed by atoms with E-state index < -0.39 is 18.1 Å². The number of ether oxygens (including phenoxy) is 2. The highest BCUT2D eigenvalue weighted by Gasteiger charge is 2.55. The quantitative estimate of drug-likeness (QED) is 0.271. The van der Waals surface area contributed by atoms with Crippen molar-refractivity contribution < 1.29 is 27.4 Å². The average Bonchev–Trinajstić information content (AvgIpc) is 3.26. The maximum Gasteiger partial charge on any atom is 0.401 e. The molecule has 2 aliphatic heterocycles. The number of methoxy groups -OCH3 is 1. The predicted molar refractivity (Wildman–Crippen MR) is 168 cm³/mol. The highest BCUT2D eigenvalue weighted by atomic mass is 19.4. The summed E-state index contributed by atoms with van der Waals surface area (Å²) in [6.07, 6.45) is 1.91. The molecule has 1 amide bonds. The van der Waals surface area contributed by atoms with Crippen LogP contribution in [0.4, 0.5) is 24.5 Å². The summed E-state index contributed by atoms with van der Waals surface area (Å²) in [6, 6.07) is 21.1. The number of nitrogens with zero attached hydrogens (tertiary/aromatic N) is 3. The van der Waals surface area contributed by atoms with Crippen molar-refractivity contribution in [1.82, 2.24) is 4.90 Å². The van der Waals surface area contributed by atoms with E-state index in [9.17, 15) is 18.0 Å². The number of fused-ring (bicyclic) bond motifs is 2. The number of hydrogen-bond donors (Lipinski definition) is 1. The van der Waals surface area contributed by atoms with Gasteiger partial charge in [0.1, 0.15) is 17.6 Å². The van der Waals surface area contributed by atoms with E-state index in [2.05, 4.69) is 0 Å². The van der Waals surface area contributed by atoms with E-state index in [1.807, 2.05) is 71.6 Å². The van der Waals surface area contributed by atoms with E-state index in [-0.39, 0.29) is 25.1 Å². The molecular weight excluding hydrogens is 581 g/mol. The molecule has 3 aromatic rings. The number of allylic oxidation sites excluding steroid dienone is 1. The summed E-state index contributed by atoms with van der Waals surface area (Å²) in [5.74, 6) is 1.30. The number of benzene rings is 3. The van der Waals surface area contributed by atoms with Crippen LogP contribution in [0.15, 0.2) is 84.0 Å². The molecule has 2 N–H and O–H groups in total. The molecule has 1 aliphatic carbocycles. The monoisotopic (exact) mass is 618 g/mol. The Morgan fingerprint density at radius 1 is 1.07 bits per heavy atom. The average molecular weight is 619 g/mol. The van der Waals surface area contributed by atoms with Gasteiger partial charge in [-0.1, -0.05) is 36.8 Å². The Balaban J connectivity index is 1.41. The number of nitrogens with two attached hydrogens (primary N) is 1. The number of halogens is 3. The van der Waals surface area contributed by atoms with Gasteiger partial charge in [0.2, 0.25) is 5.91 Å². The summed E-state index contributed by atoms with van der Waals surface area (Å²) in [6.45, 7) is -0.0186. The van der Waals surface area contributed by atoms with Crippen LogP contribution < -0.4 is 20.1 Å². The minimum absolute atomic E-state index is 0.0393. The number of carbonyl (C=O) groups excluding carboxylic acids is 1. The van der Waals surface area contributed by atoms with Crippen molar-refractivity contribution in [2.75, 3.05) is 31.6 Å². The van der Waals surface area contributed by atoms with E-state index in [4.69, 9.17) is 20.2 Å². The molecule has 2 fully saturated rings. The van der Waals surface area contributed by atoms with Gasteiger partial charge in [0.15, 0.2) is 0 Å². The summed E-state index contributed by atoms with van der Waals surface area (Å²) < 4.78 is 51.1. The lowest BCUT2D eigenvalue weighted by Gasteiger charge is -2.37. The molecule has 2 heterocycles. The van der Waals surface area contributed by atoms with Crippen molar-refractivity contribution in [3.05, 3.63) is 95.7 Å². The second kappa shape index (κ2) is 12.6. The van der Waals surface area contributed by atoms with Gasteiger partial charge in [0.25, 0.3) is 0 Å². The molecule has 0 radical (unpaired) electrons. The topological polar surface area (TPSA) is 80.4 Å². The first kappa shape index (κ1) is 30.7. The number of piperidine rings is 1. The first-order valence-electron chi connectivity index (χ1n) is 15.3. The molecule has 45 heavy (non-hydrogen) atoms. The molecule has 1 spiro atoms. The van der Waals surface area contributed by atoms with Crippen molar-refractivity contribution in [2.45, 2.75) is 56.3 Å². The molecule has 1 saturated heterocycles. The summed E-state index contributed by atoms with van der Waals surface area (Å²) in [4.78, 5) is 22.4. The van der Waals surface area contributed by atoms with Crippen LogP contribution >= 0.6 is 0 Å². The fourth-order valence-electron chi connectivity index (χ4n) is 6.59. The summed E-state index contributed by atoms with van der Waals surface area (Å²) in [5, 5.41) is 0. The minimum atomic E-state index is -4.24. The molecule has 3 aliphatic rings. The molecule has 7 nitrogen and oxygen atoms in total. The van der Waals surface area contributed by atoms with Crippen molar-refractivity contribution in [3.63, 3.8) is 0 Å². The third-order valence-corrected chi connectivity index (χ3v) is 9.01. The fourth-order valence-corrected chi connectivity index (χ4v) is 6.59. The number of hydrogen-bond acceptors (Lipinski definition) is 6. The van der Waals surface area contributed by atoms with Gasteiger partial charge in [0.05, 0.1) is 42.7 Å². The zero-order valence-corrected chi connectivity index (χ0v) is 25.2. The highest BCUT2D eigenvalue weighted by Crippen LogP contribution is 2.57. The van der Waals surface area contributed by atoms with Crippen LogP contribution in [0.3, 0.4) is 0 Å². The lowest BCUT2D eigenvalue weighted by molar-refractivity contribution is -0.149. The predicted octanol–water partition coefficient (Wildman–Crippen LogP) is 6.66. The minimum Gasteiger partial charge on any atom is -0.497 e. The second-order valence-electron chi connectivity index (χ2n) is 11.9. The van der Waals surface area contributed by atoms with Crippen molar-refractivity contribution in [3.8, 4) is 11.5 Å². The van der Waals surface area contributed by atoms with E-state index in [0.29, 0.717) is 30.8 Å².